The van der Waals surface area contributed by atoms with Gasteiger partial charge in [-0.25, -0.2) is 0 Å². The highest BCUT2D eigenvalue weighted by Gasteiger charge is 2.37. The lowest BCUT2D eigenvalue weighted by Gasteiger charge is -2.29. The number of nitrogens with one attached hydrogen (secondary N) is 2. The summed E-state index contributed by atoms with van der Waals surface area (Å²) in [6, 6.07) is -2.24. The van der Waals surface area contributed by atoms with Gasteiger partial charge in [0.05, 0.1) is 6.04 Å². The maximum atomic E-state index is 11.5. The van der Waals surface area contributed by atoms with Crippen LogP contribution >= 0.6 is 7.60 Å². The van der Waals surface area contributed by atoms with Crippen LogP contribution in [0.3, 0.4) is 0 Å². The number of ketones is 1. The van der Waals surface area contributed by atoms with E-state index in [1.165, 1.54) is 0 Å². The van der Waals surface area contributed by atoms with E-state index in [9.17, 15) is 14.2 Å². The molecule has 8 nitrogen and oxygen atoms in total. The summed E-state index contributed by atoms with van der Waals surface area (Å²) >= 11 is 0. The summed E-state index contributed by atoms with van der Waals surface area (Å²) in [5.41, 5.74) is 0. The van der Waals surface area contributed by atoms with Gasteiger partial charge in [0, 0.05) is 13.1 Å². The standard InChI is InChI=1S/C7H13N2O6P/c10-4(3-16(13,14)15)5-6(7(11)12)9-2-1-8-5/h5-6,8-9H,1-3H2,(H,11,12)(H2,13,14,15). The van der Waals surface area contributed by atoms with Crippen molar-refractivity contribution in [3.05, 3.63) is 0 Å². The van der Waals surface area contributed by atoms with E-state index in [1.807, 2.05) is 0 Å². The molecule has 1 aliphatic rings. The highest BCUT2D eigenvalue weighted by atomic mass is 31.2. The molecule has 1 fully saturated rings. The SMILES string of the molecule is O=C(O)C1NCCNC1C(=O)CP(=O)(O)O. The van der Waals surface area contributed by atoms with E-state index in [-0.39, 0.29) is 0 Å². The van der Waals surface area contributed by atoms with Gasteiger partial charge in [0.1, 0.15) is 12.2 Å². The maximum absolute atomic E-state index is 11.5. The van der Waals surface area contributed by atoms with Crippen molar-refractivity contribution in [2.24, 2.45) is 0 Å². The van der Waals surface area contributed by atoms with Crippen LogP contribution in [0, 0.1) is 0 Å². The minimum atomic E-state index is -4.46. The summed E-state index contributed by atoms with van der Waals surface area (Å²) in [5, 5.41) is 14.0. The van der Waals surface area contributed by atoms with Crippen molar-refractivity contribution < 1.29 is 29.0 Å². The third kappa shape index (κ3) is 3.66. The van der Waals surface area contributed by atoms with Crippen LogP contribution in [0.15, 0.2) is 0 Å². The summed E-state index contributed by atoms with van der Waals surface area (Å²) in [6.07, 6.45) is -0.948. The zero-order chi connectivity index (χ0) is 12.3. The first-order valence-electron chi connectivity index (χ1n) is 4.58. The highest BCUT2D eigenvalue weighted by molar-refractivity contribution is 7.52. The molecule has 92 valence electrons. The van der Waals surface area contributed by atoms with Crippen LogP contribution in [0.5, 0.6) is 0 Å². The molecule has 0 aliphatic carbocycles. The number of aliphatic carboxylic acids is 1. The third-order valence-corrected chi connectivity index (χ3v) is 2.89. The minimum absolute atomic E-state index is 0.376. The fourth-order valence-electron chi connectivity index (χ4n) is 1.52. The lowest BCUT2D eigenvalue weighted by molar-refractivity contribution is -0.142. The van der Waals surface area contributed by atoms with Crippen molar-refractivity contribution >= 4 is 19.3 Å². The molecule has 1 heterocycles. The van der Waals surface area contributed by atoms with Gasteiger partial charge < -0.3 is 25.5 Å². The Morgan fingerprint density at radius 2 is 1.69 bits per heavy atom. The van der Waals surface area contributed by atoms with Gasteiger partial charge in [-0.15, -0.1) is 0 Å². The summed E-state index contributed by atoms with van der Waals surface area (Å²) < 4.78 is 10.6. The molecule has 0 saturated carbocycles. The molecule has 0 aromatic heterocycles. The number of carboxylic acids is 1. The van der Waals surface area contributed by atoms with E-state index in [0.29, 0.717) is 13.1 Å². The highest BCUT2D eigenvalue weighted by Crippen LogP contribution is 2.34. The van der Waals surface area contributed by atoms with Crippen LogP contribution in [0.4, 0.5) is 0 Å². The summed E-state index contributed by atoms with van der Waals surface area (Å²) in [6.45, 7) is 0.762. The van der Waals surface area contributed by atoms with Crippen LogP contribution in [0.1, 0.15) is 0 Å². The van der Waals surface area contributed by atoms with Gasteiger partial charge in [0.15, 0.2) is 5.78 Å². The second-order valence-electron chi connectivity index (χ2n) is 3.49. The number of carboxylic acid groups (broad SMARTS) is 1. The molecule has 1 rings (SSSR count). The average Bonchev–Trinajstić information content (AvgIpc) is 2.15. The quantitative estimate of drug-likeness (QED) is 0.354. The molecule has 0 radical (unpaired) electrons. The first kappa shape index (κ1) is 13.3. The fourth-order valence-corrected chi connectivity index (χ4v) is 2.12. The topological polar surface area (TPSA) is 136 Å². The van der Waals surface area contributed by atoms with E-state index in [1.54, 1.807) is 0 Å². The lowest BCUT2D eigenvalue weighted by atomic mass is 10.0. The first-order valence-corrected chi connectivity index (χ1v) is 6.38. The zero-order valence-corrected chi connectivity index (χ0v) is 9.18. The molecule has 0 amide bonds. The Morgan fingerprint density at radius 1 is 1.19 bits per heavy atom. The van der Waals surface area contributed by atoms with Crippen molar-refractivity contribution in [2.75, 3.05) is 19.3 Å². The normalized spacial score (nSPS) is 26.4. The van der Waals surface area contributed by atoms with Crippen molar-refractivity contribution in [1.29, 1.82) is 0 Å². The number of carbonyl (C=O) groups is 2. The van der Waals surface area contributed by atoms with Gasteiger partial charge in [-0.1, -0.05) is 0 Å². The van der Waals surface area contributed by atoms with Gasteiger partial charge in [0.2, 0.25) is 0 Å². The van der Waals surface area contributed by atoms with Crippen LogP contribution < -0.4 is 10.6 Å². The molecule has 16 heavy (non-hydrogen) atoms. The molecule has 2 unspecified atom stereocenters. The monoisotopic (exact) mass is 252 g/mol. The van der Waals surface area contributed by atoms with E-state index in [2.05, 4.69) is 10.6 Å². The van der Waals surface area contributed by atoms with E-state index >= 15 is 0 Å². The molecule has 5 N–H and O–H groups in total. The second kappa shape index (κ2) is 5.03. The molecular formula is C7H13N2O6P. The molecule has 1 aliphatic heterocycles. The Bertz CT molecular complexity index is 340. The van der Waals surface area contributed by atoms with Crippen molar-refractivity contribution in [2.45, 2.75) is 12.1 Å². The Morgan fingerprint density at radius 3 is 2.12 bits per heavy atom. The summed E-state index contributed by atoms with van der Waals surface area (Å²) in [4.78, 5) is 39.5. The van der Waals surface area contributed by atoms with Crippen molar-refractivity contribution in [3.8, 4) is 0 Å². The van der Waals surface area contributed by atoms with Crippen LogP contribution in [0.2, 0.25) is 0 Å². The Balaban J connectivity index is 2.72. The third-order valence-electron chi connectivity index (χ3n) is 2.16. The number of Topliss-reactive ketones (excluding diaryl/α,β-unsaturated/α-hetero) is 1. The van der Waals surface area contributed by atoms with Crippen LogP contribution in [-0.4, -0.2) is 58.0 Å². The van der Waals surface area contributed by atoms with Gasteiger partial charge in [-0.3, -0.25) is 14.2 Å². The first-order chi connectivity index (χ1) is 7.31. The molecule has 9 heteroatoms. The molecule has 0 aromatic carbocycles. The summed E-state index contributed by atoms with van der Waals surface area (Å²) in [7, 11) is -4.46. The zero-order valence-electron chi connectivity index (χ0n) is 8.29. The number of hydrogen-bond acceptors (Lipinski definition) is 5. The molecule has 0 bridgehead atoms. The largest absolute Gasteiger partial charge is 0.480 e. The average molecular weight is 252 g/mol. The number of hydrogen-bond donors (Lipinski definition) is 5. The van der Waals surface area contributed by atoms with Gasteiger partial charge in [-0.05, 0) is 0 Å². The minimum Gasteiger partial charge on any atom is -0.480 e. The lowest BCUT2D eigenvalue weighted by Crippen LogP contribution is -2.62. The van der Waals surface area contributed by atoms with Gasteiger partial charge in [0.25, 0.3) is 0 Å². The van der Waals surface area contributed by atoms with Gasteiger partial charge >= 0.3 is 13.6 Å². The predicted molar refractivity (Wildman–Crippen MR) is 53.1 cm³/mol. The summed E-state index contributed by atoms with van der Waals surface area (Å²) in [5.74, 6) is -2.02. The second-order valence-corrected chi connectivity index (χ2v) is 5.14. The van der Waals surface area contributed by atoms with Crippen LogP contribution in [-0.2, 0) is 14.2 Å². The Hall–Kier alpha value is -0.790. The van der Waals surface area contributed by atoms with Crippen molar-refractivity contribution in [1.82, 2.24) is 10.6 Å². The molecule has 0 aromatic rings. The number of piperazine rings is 1. The molecular weight excluding hydrogens is 239 g/mol. The molecule has 2 atom stereocenters. The number of rotatable bonds is 4. The smallest absolute Gasteiger partial charge is 0.332 e. The Labute approximate surface area is 91.2 Å². The van der Waals surface area contributed by atoms with E-state index < -0.39 is 37.6 Å². The molecule has 0 spiro atoms. The fraction of sp³-hybridized carbons (Fsp3) is 0.714. The number of carbonyl (C=O) groups excluding carboxylic acids is 1. The van der Waals surface area contributed by atoms with E-state index in [4.69, 9.17) is 14.9 Å². The van der Waals surface area contributed by atoms with Gasteiger partial charge in [-0.2, -0.15) is 0 Å². The van der Waals surface area contributed by atoms with Crippen molar-refractivity contribution in [3.63, 3.8) is 0 Å². The predicted octanol–water partition coefficient (Wildman–Crippen LogP) is -2.25. The van der Waals surface area contributed by atoms with Crippen LogP contribution in [0.25, 0.3) is 0 Å². The van der Waals surface area contributed by atoms with E-state index in [0.717, 1.165) is 0 Å². The maximum Gasteiger partial charge on any atom is 0.332 e. The Kier molecular flexibility index (Phi) is 4.17. The molecule has 1 saturated heterocycles.